The summed E-state index contributed by atoms with van der Waals surface area (Å²) < 4.78 is 37.0. The van der Waals surface area contributed by atoms with Crippen LogP contribution < -0.4 is 5.32 Å². The molecular weight excluding hydrogens is 273 g/mol. The highest BCUT2D eigenvalue weighted by Crippen LogP contribution is 2.15. The van der Waals surface area contributed by atoms with E-state index >= 15 is 0 Å². The van der Waals surface area contributed by atoms with Crippen molar-refractivity contribution >= 4 is 5.91 Å². The predicted octanol–water partition coefficient (Wildman–Crippen LogP) is 1.62. The van der Waals surface area contributed by atoms with Crippen molar-refractivity contribution in [1.29, 1.82) is 0 Å². The van der Waals surface area contributed by atoms with Gasteiger partial charge in [-0.25, -0.2) is 4.68 Å². The van der Waals surface area contributed by atoms with Crippen molar-refractivity contribution in [3.05, 3.63) is 36.5 Å². The van der Waals surface area contributed by atoms with E-state index in [1.54, 1.807) is 5.32 Å². The average Bonchev–Trinajstić information content (AvgIpc) is 2.85. The van der Waals surface area contributed by atoms with E-state index in [2.05, 4.69) is 10.3 Å². The Morgan fingerprint density at radius 1 is 1.25 bits per heavy atom. The molecule has 0 aliphatic carbocycles. The summed E-state index contributed by atoms with van der Waals surface area (Å²) in [6, 6.07) is 9.13. The van der Waals surface area contributed by atoms with E-state index in [0.717, 1.165) is 5.56 Å². The largest absolute Gasteiger partial charge is 0.405 e. The Hall–Kier alpha value is -2.38. The van der Waals surface area contributed by atoms with Gasteiger partial charge in [-0.1, -0.05) is 35.5 Å². The lowest BCUT2D eigenvalue weighted by molar-refractivity contribution is -0.138. The van der Waals surface area contributed by atoms with Crippen LogP contribution in [0.3, 0.4) is 0 Å². The summed E-state index contributed by atoms with van der Waals surface area (Å²) >= 11 is 0. The first-order valence-corrected chi connectivity index (χ1v) is 5.73. The van der Waals surface area contributed by atoms with Gasteiger partial charge in [-0.3, -0.25) is 4.79 Å². The first-order valence-electron chi connectivity index (χ1n) is 5.73. The summed E-state index contributed by atoms with van der Waals surface area (Å²) in [5.41, 5.74) is 1.36. The van der Waals surface area contributed by atoms with Gasteiger partial charge in [0.25, 0.3) is 0 Å². The molecule has 1 N–H and O–H groups in total. The quantitative estimate of drug-likeness (QED) is 0.928. The van der Waals surface area contributed by atoms with Crippen molar-refractivity contribution in [2.45, 2.75) is 12.7 Å². The topological polar surface area (TPSA) is 59.8 Å². The maximum Gasteiger partial charge on any atom is 0.405 e. The van der Waals surface area contributed by atoms with Crippen LogP contribution in [0.15, 0.2) is 36.5 Å². The second kappa shape index (κ2) is 5.72. The van der Waals surface area contributed by atoms with Crippen LogP contribution in [-0.4, -0.2) is 33.6 Å². The monoisotopic (exact) mass is 284 g/mol. The average molecular weight is 284 g/mol. The first-order chi connectivity index (χ1) is 9.44. The fourth-order valence-electron chi connectivity index (χ4n) is 1.52. The molecule has 8 heteroatoms. The molecule has 0 saturated carbocycles. The highest BCUT2D eigenvalue weighted by atomic mass is 19.4. The number of alkyl halides is 3. The zero-order valence-electron chi connectivity index (χ0n) is 10.3. The third kappa shape index (κ3) is 4.08. The van der Waals surface area contributed by atoms with Crippen LogP contribution in [-0.2, 0) is 11.3 Å². The number of nitrogens with zero attached hydrogens (tertiary/aromatic N) is 3. The predicted molar refractivity (Wildman–Crippen MR) is 64.5 cm³/mol. The molecule has 1 aromatic carbocycles. The van der Waals surface area contributed by atoms with E-state index in [-0.39, 0.29) is 6.54 Å². The zero-order valence-corrected chi connectivity index (χ0v) is 10.3. The number of carbonyl (C=O) groups is 1. The summed E-state index contributed by atoms with van der Waals surface area (Å²) in [7, 11) is 0. The van der Waals surface area contributed by atoms with Crippen LogP contribution in [0, 0.1) is 0 Å². The molecule has 0 unspecified atom stereocenters. The molecule has 2 rings (SSSR count). The van der Waals surface area contributed by atoms with E-state index in [1.165, 1.54) is 10.9 Å². The third-order valence-electron chi connectivity index (χ3n) is 2.40. The van der Waals surface area contributed by atoms with Gasteiger partial charge < -0.3 is 5.32 Å². The summed E-state index contributed by atoms with van der Waals surface area (Å²) in [5, 5.41) is 9.33. The molecule has 5 nitrogen and oxygen atoms in total. The molecule has 0 atom stereocenters. The Morgan fingerprint density at radius 2 is 1.95 bits per heavy atom. The van der Waals surface area contributed by atoms with E-state index in [1.807, 2.05) is 30.3 Å². The van der Waals surface area contributed by atoms with Crippen molar-refractivity contribution in [1.82, 2.24) is 20.3 Å². The van der Waals surface area contributed by atoms with Gasteiger partial charge in [0.05, 0.1) is 6.20 Å². The van der Waals surface area contributed by atoms with Crippen molar-refractivity contribution in [2.24, 2.45) is 0 Å². The second-order valence-electron chi connectivity index (χ2n) is 4.06. The van der Waals surface area contributed by atoms with Crippen molar-refractivity contribution in [2.75, 3.05) is 6.54 Å². The molecule has 0 spiro atoms. The standard InChI is InChI=1S/C12H11F3N4O/c13-12(14,15)8-16-11(20)7-19-6-10(17-18-19)9-4-2-1-3-5-9/h1-6H,7-8H2,(H,16,20). The number of amides is 1. The first kappa shape index (κ1) is 14.0. The number of hydrogen-bond acceptors (Lipinski definition) is 3. The summed E-state index contributed by atoms with van der Waals surface area (Å²) in [4.78, 5) is 11.3. The number of aromatic nitrogens is 3. The van der Waals surface area contributed by atoms with Crippen LogP contribution in [0.4, 0.5) is 13.2 Å². The number of benzene rings is 1. The number of nitrogens with one attached hydrogen (secondary N) is 1. The van der Waals surface area contributed by atoms with Gasteiger partial charge >= 0.3 is 6.18 Å². The van der Waals surface area contributed by atoms with Gasteiger partial charge in [-0.05, 0) is 0 Å². The van der Waals surface area contributed by atoms with Crippen LogP contribution >= 0.6 is 0 Å². The maximum absolute atomic E-state index is 11.9. The number of rotatable bonds is 4. The molecule has 0 fully saturated rings. The van der Waals surface area contributed by atoms with Crippen LogP contribution in [0.1, 0.15) is 0 Å². The maximum atomic E-state index is 11.9. The Balaban J connectivity index is 1.95. The second-order valence-corrected chi connectivity index (χ2v) is 4.06. The fourth-order valence-corrected chi connectivity index (χ4v) is 1.52. The Bertz CT molecular complexity index is 580. The van der Waals surface area contributed by atoms with E-state index in [0.29, 0.717) is 5.69 Å². The molecule has 0 saturated heterocycles. The van der Waals surface area contributed by atoms with Gasteiger partial charge in [-0.2, -0.15) is 13.2 Å². The molecule has 20 heavy (non-hydrogen) atoms. The minimum absolute atomic E-state index is 0.310. The normalized spacial score (nSPS) is 11.3. The Morgan fingerprint density at radius 3 is 2.60 bits per heavy atom. The summed E-state index contributed by atoms with van der Waals surface area (Å²) in [5.74, 6) is -0.771. The molecule has 0 bridgehead atoms. The van der Waals surface area contributed by atoms with E-state index < -0.39 is 18.6 Å². The van der Waals surface area contributed by atoms with Gasteiger partial charge in [0.15, 0.2) is 0 Å². The minimum Gasteiger partial charge on any atom is -0.345 e. The molecule has 2 aromatic rings. The molecule has 0 aliphatic heterocycles. The van der Waals surface area contributed by atoms with Gasteiger partial charge in [0, 0.05) is 5.56 Å². The number of hydrogen-bond donors (Lipinski definition) is 1. The van der Waals surface area contributed by atoms with Crippen LogP contribution in [0.25, 0.3) is 11.3 Å². The highest BCUT2D eigenvalue weighted by Gasteiger charge is 2.27. The van der Waals surface area contributed by atoms with Crippen LogP contribution in [0.5, 0.6) is 0 Å². The lowest BCUT2D eigenvalue weighted by atomic mass is 10.2. The van der Waals surface area contributed by atoms with Crippen molar-refractivity contribution in [3.8, 4) is 11.3 Å². The van der Waals surface area contributed by atoms with Gasteiger partial charge in [0.2, 0.25) is 5.91 Å². The van der Waals surface area contributed by atoms with Crippen molar-refractivity contribution < 1.29 is 18.0 Å². The molecule has 1 amide bonds. The number of halogens is 3. The van der Waals surface area contributed by atoms with Gasteiger partial charge in [0.1, 0.15) is 18.8 Å². The molecular formula is C12H11F3N4O. The third-order valence-corrected chi connectivity index (χ3v) is 2.40. The zero-order chi connectivity index (χ0) is 14.6. The smallest absolute Gasteiger partial charge is 0.345 e. The fraction of sp³-hybridized carbons (Fsp3) is 0.250. The number of carbonyl (C=O) groups excluding carboxylic acids is 1. The molecule has 0 aliphatic rings. The molecule has 1 aromatic heterocycles. The van der Waals surface area contributed by atoms with Gasteiger partial charge in [-0.15, -0.1) is 5.10 Å². The van der Waals surface area contributed by atoms with E-state index in [9.17, 15) is 18.0 Å². The molecule has 1 heterocycles. The summed E-state index contributed by atoms with van der Waals surface area (Å²) in [6.45, 7) is -1.66. The lowest BCUT2D eigenvalue weighted by Crippen LogP contribution is -2.35. The van der Waals surface area contributed by atoms with Crippen molar-refractivity contribution in [3.63, 3.8) is 0 Å². The van der Waals surface area contributed by atoms with E-state index in [4.69, 9.17) is 0 Å². The molecule has 106 valence electrons. The Labute approximate surface area is 112 Å². The lowest BCUT2D eigenvalue weighted by Gasteiger charge is -2.07. The minimum atomic E-state index is -4.42. The van der Waals surface area contributed by atoms with Crippen LogP contribution in [0.2, 0.25) is 0 Å². The highest BCUT2D eigenvalue weighted by molar-refractivity contribution is 5.75. The Kier molecular flexibility index (Phi) is 4.02. The molecule has 0 radical (unpaired) electrons. The summed E-state index contributed by atoms with van der Waals surface area (Å²) in [6.07, 6.45) is -2.92. The SMILES string of the molecule is O=C(Cn1cc(-c2ccccc2)nn1)NCC(F)(F)F.